The summed E-state index contributed by atoms with van der Waals surface area (Å²) < 4.78 is 5.09. The highest BCUT2D eigenvalue weighted by Crippen LogP contribution is 2.19. The van der Waals surface area contributed by atoms with Gasteiger partial charge in [-0.15, -0.1) is 11.3 Å². The number of amides is 2. The minimum Gasteiger partial charge on any atom is -0.450 e. The Hall–Kier alpha value is -1.67. The minimum atomic E-state index is -0.213. The fourth-order valence-electron chi connectivity index (χ4n) is 3.41. The lowest BCUT2D eigenvalue weighted by Gasteiger charge is -2.27. The second-order valence-corrected chi connectivity index (χ2v) is 6.86. The van der Waals surface area contributed by atoms with Crippen molar-refractivity contribution in [2.45, 2.75) is 25.8 Å². The maximum atomic E-state index is 12.4. The number of ether oxygens (including phenoxy) is 1. The Labute approximate surface area is 146 Å². The molecule has 24 heavy (non-hydrogen) atoms. The van der Waals surface area contributed by atoms with Gasteiger partial charge in [0.2, 0.25) is 0 Å². The largest absolute Gasteiger partial charge is 0.450 e. The van der Waals surface area contributed by atoms with Gasteiger partial charge >= 0.3 is 6.09 Å². The van der Waals surface area contributed by atoms with E-state index in [1.807, 2.05) is 11.8 Å². The van der Waals surface area contributed by atoms with Gasteiger partial charge in [0, 0.05) is 50.7 Å². The van der Waals surface area contributed by atoms with E-state index < -0.39 is 0 Å². The second-order valence-electron chi connectivity index (χ2n) is 6.14. The molecule has 1 unspecified atom stereocenters. The molecule has 7 nitrogen and oxygen atoms in total. The molecule has 8 heteroatoms. The fraction of sp³-hybridized carbons (Fsp3) is 0.688. The van der Waals surface area contributed by atoms with Crippen LogP contribution in [-0.4, -0.2) is 83.6 Å². The Kier molecular flexibility index (Phi) is 5.68. The van der Waals surface area contributed by atoms with Crippen molar-refractivity contribution in [2.75, 3.05) is 45.9 Å². The van der Waals surface area contributed by atoms with E-state index in [1.54, 1.807) is 15.8 Å². The van der Waals surface area contributed by atoms with Crippen LogP contribution in [0.4, 0.5) is 4.79 Å². The number of nitrogens with zero attached hydrogens (tertiary/aromatic N) is 4. The number of aromatic nitrogens is 1. The number of carbonyl (C=O) groups excluding carboxylic acids is 2. The highest BCUT2D eigenvalue weighted by Gasteiger charge is 2.32. The van der Waals surface area contributed by atoms with E-state index in [0.29, 0.717) is 24.9 Å². The number of hydrogen-bond acceptors (Lipinski definition) is 6. The van der Waals surface area contributed by atoms with Crippen molar-refractivity contribution in [1.29, 1.82) is 0 Å². The number of rotatable bonds is 3. The van der Waals surface area contributed by atoms with E-state index in [-0.39, 0.29) is 12.0 Å². The third-order valence-electron chi connectivity index (χ3n) is 4.67. The summed E-state index contributed by atoms with van der Waals surface area (Å²) in [6.45, 7) is 7.00. The number of hydrogen-bond donors (Lipinski definition) is 0. The van der Waals surface area contributed by atoms with Gasteiger partial charge in [-0.05, 0) is 19.8 Å². The van der Waals surface area contributed by atoms with Crippen LogP contribution in [0.2, 0.25) is 0 Å². The van der Waals surface area contributed by atoms with Gasteiger partial charge in [-0.1, -0.05) is 0 Å². The molecule has 2 saturated heterocycles. The van der Waals surface area contributed by atoms with Crippen molar-refractivity contribution in [3.05, 3.63) is 16.6 Å². The van der Waals surface area contributed by atoms with Crippen LogP contribution in [0.3, 0.4) is 0 Å². The van der Waals surface area contributed by atoms with Crippen molar-refractivity contribution >= 4 is 23.3 Å². The van der Waals surface area contributed by atoms with Crippen LogP contribution in [0.25, 0.3) is 0 Å². The van der Waals surface area contributed by atoms with Crippen molar-refractivity contribution in [3.8, 4) is 0 Å². The normalized spacial score (nSPS) is 22.5. The van der Waals surface area contributed by atoms with Gasteiger partial charge in [0.15, 0.2) is 0 Å². The van der Waals surface area contributed by atoms with E-state index in [9.17, 15) is 9.59 Å². The molecule has 0 spiro atoms. The highest BCUT2D eigenvalue weighted by atomic mass is 32.1. The van der Waals surface area contributed by atoms with Crippen molar-refractivity contribution in [3.63, 3.8) is 0 Å². The lowest BCUT2D eigenvalue weighted by molar-refractivity contribution is 0.0753. The van der Waals surface area contributed by atoms with Gasteiger partial charge < -0.3 is 14.5 Å². The van der Waals surface area contributed by atoms with Crippen LogP contribution in [0.15, 0.2) is 10.9 Å². The lowest BCUT2D eigenvalue weighted by atomic mass is 10.2. The first kappa shape index (κ1) is 17.2. The standard InChI is InChI=1S/C16H24N4O3S/c1-2-23-16(22)20-7-4-13(10-20)18-5-3-6-19(9-8-18)15(21)14-11-24-12-17-14/h11-13H,2-10H2,1H3. The predicted octanol–water partition coefficient (Wildman–Crippen LogP) is 1.52. The zero-order valence-corrected chi connectivity index (χ0v) is 14.8. The smallest absolute Gasteiger partial charge is 0.409 e. The Morgan fingerprint density at radius 1 is 1.25 bits per heavy atom. The maximum absolute atomic E-state index is 12.4. The van der Waals surface area contributed by atoms with Gasteiger partial charge in [0.1, 0.15) is 5.69 Å². The topological polar surface area (TPSA) is 66.0 Å². The molecule has 2 aliphatic rings. The monoisotopic (exact) mass is 352 g/mol. The first-order valence-electron chi connectivity index (χ1n) is 8.52. The van der Waals surface area contributed by atoms with Crippen LogP contribution >= 0.6 is 11.3 Å². The Balaban J connectivity index is 1.53. The van der Waals surface area contributed by atoms with Crippen molar-refractivity contribution in [1.82, 2.24) is 19.7 Å². The molecular weight excluding hydrogens is 328 g/mol. The van der Waals surface area contributed by atoms with Crippen molar-refractivity contribution < 1.29 is 14.3 Å². The molecule has 0 bridgehead atoms. The summed E-state index contributed by atoms with van der Waals surface area (Å²) >= 11 is 1.45. The fourth-order valence-corrected chi connectivity index (χ4v) is 3.93. The number of likely N-dealkylation sites (tertiary alicyclic amines) is 1. The minimum absolute atomic E-state index is 0.0256. The number of thiazole rings is 1. The molecule has 2 aliphatic heterocycles. The van der Waals surface area contributed by atoms with Crippen LogP contribution in [0, 0.1) is 0 Å². The molecule has 2 amide bonds. The molecule has 0 aromatic carbocycles. The zero-order chi connectivity index (χ0) is 16.9. The molecule has 0 radical (unpaired) electrons. The molecular formula is C16H24N4O3S. The maximum Gasteiger partial charge on any atom is 0.409 e. The summed E-state index contributed by atoms with van der Waals surface area (Å²) in [6, 6.07) is 0.365. The average molecular weight is 352 g/mol. The van der Waals surface area contributed by atoms with E-state index in [4.69, 9.17) is 4.74 Å². The third-order valence-corrected chi connectivity index (χ3v) is 5.26. The van der Waals surface area contributed by atoms with Gasteiger partial charge in [-0.25, -0.2) is 9.78 Å². The third kappa shape index (κ3) is 3.87. The first-order valence-corrected chi connectivity index (χ1v) is 9.46. The molecule has 0 N–H and O–H groups in total. The summed E-state index contributed by atoms with van der Waals surface area (Å²) in [6.07, 6.45) is 1.71. The molecule has 132 valence electrons. The molecule has 1 aromatic heterocycles. The van der Waals surface area contributed by atoms with Crippen LogP contribution in [0.1, 0.15) is 30.3 Å². The van der Waals surface area contributed by atoms with Crippen molar-refractivity contribution in [2.24, 2.45) is 0 Å². The zero-order valence-electron chi connectivity index (χ0n) is 14.0. The molecule has 3 heterocycles. The SMILES string of the molecule is CCOC(=O)N1CCC(N2CCCN(C(=O)c3cscn3)CC2)C1. The Morgan fingerprint density at radius 3 is 2.88 bits per heavy atom. The summed E-state index contributed by atoms with van der Waals surface area (Å²) in [5.41, 5.74) is 2.24. The lowest BCUT2D eigenvalue weighted by Crippen LogP contribution is -2.41. The summed E-state index contributed by atoms with van der Waals surface area (Å²) in [5.74, 6) is 0.0256. The second kappa shape index (κ2) is 7.94. The first-order chi connectivity index (χ1) is 11.7. The quantitative estimate of drug-likeness (QED) is 0.825. The molecule has 2 fully saturated rings. The molecule has 1 atom stereocenters. The van der Waals surface area contributed by atoms with E-state index >= 15 is 0 Å². The van der Waals surface area contributed by atoms with Gasteiger partial charge in [0.25, 0.3) is 5.91 Å². The van der Waals surface area contributed by atoms with Crippen LogP contribution in [-0.2, 0) is 4.74 Å². The Bertz CT molecular complexity index is 566. The number of carbonyl (C=O) groups is 2. The summed E-state index contributed by atoms with van der Waals surface area (Å²) in [5, 5.41) is 1.80. The van der Waals surface area contributed by atoms with Gasteiger partial charge in [-0.2, -0.15) is 0 Å². The van der Waals surface area contributed by atoms with Gasteiger partial charge in [-0.3, -0.25) is 9.69 Å². The Morgan fingerprint density at radius 2 is 2.12 bits per heavy atom. The molecule has 1 aromatic rings. The molecule has 0 aliphatic carbocycles. The predicted molar refractivity (Wildman–Crippen MR) is 91.2 cm³/mol. The summed E-state index contributed by atoms with van der Waals surface area (Å²) in [4.78, 5) is 34.5. The molecule has 3 rings (SSSR count). The van der Waals surface area contributed by atoms with Gasteiger partial charge in [0.05, 0.1) is 12.1 Å². The van der Waals surface area contributed by atoms with Crippen LogP contribution < -0.4 is 0 Å². The van der Waals surface area contributed by atoms with E-state index in [0.717, 1.165) is 45.6 Å². The van der Waals surface area contributed by atoms with Crippen LogP contribution in [0.5, 0.6) is 0 Å². The highest BCUT2D eigenvalue weighted by molar-refractivity contribution is 7.07. The summed E-state index contributed by atoms with van der Waals surface area (Å²) in [7, 11) is 0. The van der Waals surface area contributed by atoms with E-state index in [2.05, 4.69) is 9.88 Å². The van der Waals surface area contributed by atoms with E-state index in [1.165, 1.54) is 11.3 Å². The average Bonchev–Trinajstić information content (AvgIpc) is 3.22. The molecule has 0 saturated carbocycles.